The summed E-state index contributed by atoms with van der Waals surface area (Å²) in [5, 5.41) is 11.1. The number of hydrogen-bond donors (Lipinski definition) is 0. The lowest BCUT2D eigenvalue weighted by molar-refractivity contribution is -0.384. The highest BCUT2D eigenvalue weighted by Crippen LogP contribution is 2.37. The first-order valence-corrected chi connectivity index (χ1v) is 10.5. The van der Waals surface area contributed by atoms with Crippen molar-refractivity contribution in [3.63, 3.8) is 0 Å². The van der Waals surface area contributed by atoms with Crippen LogP contribution < -0.4 is 9.64 Å². The summed E-state index contributed by atoms with van der Waals surface area (Å²) >= 11 is 6.52. The van der Waals surface area contributed by atoms with Gasteiger partial charge in [0.15, 0.2) is 4.32 Å². The second-order valence-corrected chi connectivity index (χ2v) is 8.32. The number of carbonyl (C=O) groups is 1. The van der Waals surface area contributed by atoms with Crippen molar-refractivity contribution < 1.29 is 14.5 Å². The SMILES string of the molecule is O=C1/C(=C/c2cccc(OCc3ccccc3)c2)SC(=S)N1c1cccc([N+](=O)[O-])c1. The van der Waals surface area contributed by atoms with Gasteiger partial charge < -0.3 is 4.74 Å². The predicted molar refractivity (Wildman–Crippen MR) is 126 cm³/mol. The lowest BCUT2D eigenvalue weighted by atomic mass is 10.2. The molecule has 1 heterocycles. The summed E-state index contributed by atoms with van der Waals surface area (Å²) in [7, 11) is 0. The molecule has 1 fully saturated rings. The van der Waals surface area contributed by atoms with Crippen LogP contribution in [0.15, 0.2) is 83.8 Å². The highest BCUT2D eigenvalue weighted by Gasteiger charge is 2.33. The average Bonchev–Trinajstić information content (AvgIpc) is 3.06. The van der Waals surface area contributed by atoms with Gasteiger partial charge >= 0.3 is 0 Å². The number of carbonyl (C=O) groups excluding carboxylic acids is 1. The molecule has 154 valence electrons. The standard InChI is InChI=1S/C23H16N2O4S2/c26-22-21(31-23(30)24(22)18-9-5-10-19(14-18)25(27)28)13-17-8-4-11-20(12-17)29-15-16-6-2-1-3-7-16/h1-14H,15H2/b21-13-. The molecule has 3 aromatic carbocycles. The van der Waals surface area contributed by atoms with E-state index in [1.807, 2.05) is 54.6 Å². The van der Waals surface area contributed by atoms with Crippen LogP contribution >= 0.6 is 24.0 Å². The molecule has 0 saturated carbocycles. The minimum Gasteiger partial charge on any atom is -0.489 e. The number of anilines is 1. The fraction of sp³-hybridized carbons (Fsp3) is 0.0435. The Kier molecular flexibility index (Phi) is 6.11. The van der Waals surface area contributed by atoms with Crippen LogP contribution in [0.5, 0.6) is 5.75 Å². The van der Waals surface area contributed by atoms with E-state index in [4.69, 9.17) is 17.0 Å². The van der Waals surface area contributed by atoms with E-state index in [0.29, 0.717) is 27.3 Å². The van der Waals surface area contributed by atoms with Gasteiger partial charge in [0.05, 0.1) is 15.5 Å². The fourth-order valence-electron chi connectivity index (χ4n) is 3.02. The molecule has 1 amide bonds. The van der Waals surface area contributed by atoms with Crippen molar-refractivity contribution in [1.82, 2.24) is 0 Å². The quantitative estimate of drug-likeness (QED) is 0.212. The maximum Gasteiger partial charge on any atom is 0.271 e. The van der Waals surface area contributed by atoms with Crippen LogP contribution in [0.1, 0.15) is 11.1 Å². The molecule has 0 aliphatic carbocycles. The summed E-state index contributed by atoms with van der Waals surface area (Å²) in [5.41, 5.74) is 2.13. The molecule has 31 heavy (non-hydrogen) atoms. The van der Waals surface area contributed by atoms with Gasteiger partial charge in [0.2, 0.25) is 0 Å². The van der Waals surface area contributed by atoms with E-state index in [9.17, 15) is 14.9 Å². The van der Waals surface area contributed by atoms with Gasteiger partial charge in [-0.25, -0.2) is 0 Å². The summed E-state index contributed by atoms with van der Waals surface area (Å²) in [5.74, 6) is 0.373. The van der Waals surface area contributed by atoms with Crippen molar-refractivity contribution >= 4 is 51.7 Å². The highest BCUT2D eigenvalue weighted by atomic mass is 32.2. The van der Waals surface area contributed by atoms with E-state index in [-0.39, 0.29) is 11.6 Å². The summed E-state index contributed by atoms with van der Waals surface area (Å²) in [6.07, 6.45) is 1.74. The van der Waals surface area contributed by atoms with E-state index in [1.54, 1.807) is 12.1 Å². The van der Waals surface area contributed by atoms with Crippen LogP contribution in [-0.2, 0) is 11.4 Å². The van der Waals surface area contributed by atoms with Gasteiger partial charge in [-0.2, -0.15) is 0 Å². The van der Waals surface area contributed by atoms with Gasteiger partial charge in [0, 0.05) is 12.1 Å². The Morgan fingerprint density at radius 3 is 2.58 bits per heavy atom. The minimum absolute atomic E-state index is 0.0983. The highest BCUT2D eigenvalue weighted by molar-refractivity contribution is 8.27. The Morgan fingerprint density at radius 1 is 1.03 bits per heavy atom. The molecule has 8 heteroatoms. The van der Waals surface area contributed by atoms with Crippen LogP contribution in [0.4, 0.5) is 11.4 Å². The zero-order valence-corrected chi connectivity index (χ0v) is 17.8. The van der Waals surface area contributed by atoms with Gasteiger partial charge in [-0.05, 0) is 35.4 Å². The molecule has 0 unspecified atom stereocenters. The molecule has 0 spiro atoms. The molecule has 0 N–H and O–H groups in total. The average molecular weight is 449 g/mol. The number of non-ortho nitro benzene ring substituents is 1. The summed E-state index contributed by atoms with van der Waals surface area (Å²) in [6, 6.07) is 23.1. The number of nitrogens with zero attached hydrogens (tertiary/aromatic N) is 2. The smallest absolute Gasteiger partial charge is 0.271 e. The van der Waals surface area contributed by atoms with Crippen LogP contribution in [-0.4, -0.2) is 15.2 Å². The molecule has 4 rings (SSSR count). The number of nitro benzene ring substituents is 1. The monoisotopic (exact) mass is 448 g/mol. The molecule has 3 aromatic rings. The normalized spacial score (nSPS) is 14.8. The fourth-order valence-corrected chi connectivity index (χ4v) is 4.32. The van der Waals surface area contributed by atoms with Crippen molar-refractivity contribution in [3.05, 3.63) is 105 Å². The Morgan fingerprint density at radius 2 is 1.81 bits per heavy atom. The number of hydrogen-bond acceptors (Lipinski definition) is 6. The minimum atomic E-state index is -0.502. The van der Waals surface area contributed by atoms with Crippen LogP contribution in [0.3, 0.4) is 0 Å². The summed E-state index contributed by atoms with van der Waals surface area (Å²) in [4.78, 5) is 25.3. The van der Waals surface area contributed by atoms with Gasteiger partial charge in [0.1, 0.15) is 12.4 Å². The van der Waals surface area contributed by atoms with Crippen molar-refractivity contribution in [2.45, 2.75) is 6.61 Å². The number of thiocarbonyl (C=S) groups is 1. The zero-order valence-electron chi connectivity index (χ0n) is 16.1. The largest absolute Gasteiger partial charge is 0.489 e. The van der Waals surface area contributed by atoms with Crippen molar-refractivity contribution in [2.75, 3.05) is 4.90 Å². The number of amides is 1. The first kappa shape index (κ1) is 20.8. The third-order valence-corrected chi connectivity index (χ3v) is 5.80. The second-order valence-electron chi connectivity index (χ2n) is 6.64. The Labute approximate surface area is 188 Å². The first-order chi connectivity index (χ1) is 15.0. The van der Waals surface area contributed by atoms with E-state index in [2.05, 4.69) is 0 Å². The molecular weight excluding hydrogens is 432 g/mol. The number of thioether (sulfide) groups is 1. The number of benzene rings is 3. The van der Waals surface area contributed by atoms with Crippen molar-refractivity contribution in [1.29, 1.82) is 0 Å². The third-order valence-electron chi connectivity index (χ3n) is 4.50. The van der Waals surface area contributed by atoms with Crippen LogP contribution in [0, 0.1) is 10.1 Å². The molecule has 0 radical (unpaired) electrons. The van der Waals surface area contributed by atoms with E-state index in [0.717, 1.165) is 22.9 Å². The Bertz CT molecular complexity index is 1190. The van der Waals surface area contributed by atoms with Gasteiger partial charge in [0.25, 0.3) is 11.6 Å². The third kappa shape index (κ3) is 4.82. The van der Waals surface area contributed by atoms with Gasteiger partial charge in [-0.1, -0.05) is 72.5 Å². The van der Waals surface area contributed by atoms with Crippen LogP contribution in [0.25, 0.3) is 6.08 Å². The predicted octanol–water partition coefficient (Wildman–Crippen LogP) is 5.58. The maximum atomic E-state index is 12.9. The topological polar surface area (TPSA) is 72.7 Å². The second kappa shape index (κ2) is 9.11. The zero-order chi connectivity index (χ0) is 21.8. The molecule has 1 aliphatic rings. The van der Waals surface area contributed by atoms with Gasteiger partial charge in [-0.15, -0.1) is 0 Å². The van der Waals surface area contributed by atoms with Crippen molar-refractivity contribution in [3.8, 4) is 5.75 Å². The molecular formula is C23H16N2O4S2. The molecule has 1 aliphatic heterocycles. The van der Waals surface area contributed by atoms with E-state index < -0.39 is 4.92 Å². The Hall–Kier alpha value is -3.49. The first-order valence-electron chi connectivity index (χ1n) is 9.30. The van der Waals surface area contributed by atoms with Crippen LogP contribution in [0.2, 0.25) is 0 Å². The number of nitro groups is 1. The summed E-state index contributed by atoms with van der Waals surface area (Å²) in [6.45, 7) is 0.444. The van der Waals surface area contributed by atoms with E-state index in [1.165, 1.54) is 23.1 Å². The lowest BCUT2D eigenvalue weighted by Crippen LogP contribution is -2.27. The van der Waals surface area contributed by atoms with Gasteiger partial charge in [-0.3, -0.25) is 19.8 Å². The Balaban J connectivity index is 1.53. The molecule has 0 aromatic heterocycles. The maximum absolute atomic E-state index is 12.9. The number of rotatable bonds is 6. The number of ether oxygens (including phenoxy) is 1. The van der Waals surface area contributed by atoms with E-state index >= 15 is 0 Å². The lowest BCUT2D eigenvalue weighted by Gasteiger charge is -2.13. The molecule has 0 atom stereocenters. The molecule has 6 nitrogen and oxygen atoms in total. The molecule has 1 saturated heterocycles. The molecule has 0 bridgehead atoms. The summed E-state index contributed by atoms with van der Waals surface area (Å²) < 4.78 is 6.18. The van der Waals surface area contributed by atoms with Crippen molar-refractivity contribution in [2.24, 2.45) is 0 Å².